The van der Waals surface area contributed by atoms with Gasteiger partial charge in [0.15, 0.2) is 0 Å². The Morgan fingerprint density at radius 2 is 2.00 bits per heavy atom. The van der Waals surface area contributed by atoms with Gasteiger partial charge < -0.3 is 11.1 Å². The van der Waals surface area contributed by atoms with Crippen molar-refractivity contribution in [3.63, 3.8) is 0 Å². The lowest BCUT2D eigenvalue weighted by Crippen LogP contribution is -2.29. The van der Waals surface area contributed by atoms with Crippen molar-refractivity contribution in [1.82, 2.24) is 4.98 Å². The zero-order valence-corrected chi connectivity index (χ0v) is 10.2. The first-order valence-corrected chi connectivity index (χ1v) is 6.02. The minimum Gasteiger partial charge on any atom is -0.397 e. The first-order chi connectivity index (χ1) is 7.55. The highest BCUT2D eigenvalue weighted by Gasteiger charge is 2.26. The third-order valence-corrected chi connectivity index (χ3v) is 3.47. The van der Waals surface area contributed by atoms with Crippen LogP contribution in [0.4, 0.5) is 11.4 Å². The quantitative estimate of drug-likeness (QED) is 0.803. The van der Waals surface area contributed by atoms with Crippen LogP contribution < -0.4 is 11.1 Å². The largest absolute Gasteiger partial charge is 0.397 e. The summed E-state index contributed by atoms with van der Waals surface area (Å²) in [5.41, 5.74) is 7.99. The molecule has 0 aromatic carbocycles. The van der Waals surface area contributed by atoms with Crippen LogP contribution >= 0.6 is 0 Å². The van der Waals surface area contributed by atoms with Crippen molar-refractivity contribution in [2.75, 3.05) is 11.1 Å². The van der Waals surface area contributed by atoms with E-state index in [1.807, 2.05) is 12.3 Å². The van der Waals surface area contributed by atoms with Crippen LogP contribution in [0.15, 0.2) is 18.5 Å². The molecule has 0 aliphatic heterocycles. The summed E-state index contributed by atoms with van der Waals surface area (Å²) in [5, 5.41) is 3.52. The summed E-state index contributed by atoms with van der Waals surface area (Å²) in [6, 6.07) is 2.53. The first kappa shape index (κ1) is 11.2. The Morgan fingerprint density at radius 1 is 1.31 bits per heavy atom. The molecule has 3 N–H and O–H groups in total. The molecule has 1 saturated carbocycles. The van der Waals surface area contributed by atoms with E-state index in [-0.39, 0.29) is 0 Å². The molecule has 1 aromatic heterocycles. The number of aromatic nitrogens is 1. The van der Waals surface area contributed by atoms with Gasteiger partial charge in [0.05, 0.1) is 17.6 Å². The van der Waals surface area contributed by atoms with E-state index in [9.17, 15) is 0 Å². The molecule has 1 aromatic rings. The van der Waals surface area contributed by atoms with E-state index in [0.717, 1.165) is 11.4 Å². The van der Waals surface area contributed by atoms with Crippen molar-refractivity contribution < 1.29 is 0 Å². The Hall–Kier alpha value is -1.25. The van der Waals surface area contributed by atoms with E-state index < -0.39 is 0 Å². The Bertz CT molecular complexity index is 350. The second-order valence-corrected chi connectivity index (χ2v) is 5.59. The lowest BCUT2D eigenvalue weighted by atomic mass is 9.75. The molecule has 3 nitrogen and oxygen atoms in total. The van der Waals surface area contributed by atoms with Crippen LogP contribution in [-0.2, 0) is 0 Å². The number of anilines is 2. The van der Waals surface area contributed by atoms with Crippen LogP contribution in [-0.4, -0.2) is 11.0 Å². The molecule has 0 bridgehead atoms. The molecule has 1 heterocycles. The molecular weight excluding hydrogens is 198 g/mol. The molecule has 3 heteroatoms. The number of nitrogens with one attached hydrogen (secondary N) is 1. The van der Waals surface area contributed by atoms with E-state index in [1.165, 1.54) is 25.7 Å². The van der Waals surface area contributed by atoms with Crippen LogP contribution in [0.2, 0.25) is 0 Å². The van der Waals surface area contributed by atoms with E-state index in [2.05, 4.69) is 24.1 Å². The molecular formula is C13H21N3. The normalized spacial score (nSPS) is 20.6. The summed E-state index contributed by atoms with van der Waals surface area (Å²) in [4.78, 5) is 4.09. The third kappa shape index (κ3) is 2.87. The van der Waals surface area contributed by atoms with E-state index in [4.69, 9.17) is 5.73 Å². The second-order valence-electron chi connectivity index (χ2n) is 5.59. The van der Waals surface area contributed by atoms with E-state index >= 15 is 0 Å². The summed E-state index contributed by atoms with van der Waals surface area (Å²) >= 11 is 0. The molecule has 16 heavy (non-hydrogen) atoms. The van der Waals surface area contributed by atoms with Gasteiger partial charge in [0.25, 0.3) is 0 Å². The van der Waals surface area contributed by atoms with Crippen LogP contribution in [0.3, 0.4) is 0 Å². The SMILES string of the molecule is CC1(C)CCC(Nc2cncc(N)c2)CC1. The van der Waals surface area contributed by atoms with Crippen molar-refractivity contribution in [2.24, 2.45) is 5.41 Å². The van der Waals surface area contributed by atoms with Gasteiger partial charge in [-0.1, -0.05) is 13.8 Å². The maximum Gasteiger partial charge on any atom is 0.0549 e. The van der Waals surface area contributed by atoms with Gasteiger partial charge in [-0.15, -0.1) is 0 Å². The number of nitrogens with zero attached hydrogens (tertiary/aromatic N) is 1. The lowest BCUT2D eigenvalue weighted by Gasteiger charge is -2.35. The third-order valence-electron chi connectivity index (χ3n) is 3.47. The molecule has 1 aliphatic rings. The van der Waals surface area contributed by atoms with E-state index in [1.54, 1.807) is 6.20 Å². The molecule has 0 spiro atoms. The predicted octanol–water partition coefficient (Wildman–Crippen LogP) is 3.04. The lowest BCUT2D eigenvalue weighted by molar-refractivity contribution is 0.232. The summed E-state index contributed by atoms with van der Waals surface area (Å²) in [6.07, 6.45) is 8.58. The smallest absolute Gasteiger partial charge is 0.0549 e. The zero-order chi connectivity index (χ0) is 11.6. The van der Waals surface area contributed by atoms with Gasteiger partial charge in [-0.25, -0.2) is 0 Å². The molecule has 0 unspecified atom stereocenters. The van der Waals surface area contributed by atoms with Gasteiger partial charge in [-0.05, 0) is 37.2 Å². The highest BCUT2D eigenvalue weighted by molar-refractivity contribution is 5.51. The van der Waals surface area contributed by atoms with Crippen LogP contribution in [0.5, 0.6) is 0 Å². The first-order valence-electron chi connectivity index (χ1n) is 6.02. The summed E-state index contributed by atoms with van der Waals surface area (Å²) < 4.78 is 0. The average molecular weight is 219 g/mol. The number of pyridine rings is 1. The Kier molecular flexibility index (Phi) is 3.03. The van der Waals surface area contributed by atoms with Crippen molar-refractivity contribution in [3.8, 4) is 0 Å². The van der Waals surface area contributed by atoms with Gasteiger partial charge in [0.2, 0.25) is 0 Å². The number of nitrogens with two attached hydrogens (primary N) is 1. The van der Waals surface area contributed by atoms with E-state index in [0.29, 0.717) is 11.5 Å². The second kappa shape index (κ2) is 4.32. The minimum absolute atomic E-state index is 0.520. The number of rotatable bonds is 2. The summed E-state index contributed by atoms with van der Waals surface area (Å²) in [5.74, 6) is 0. The fourth-order valence-corrected chi connectivity index (χ4v) is 2.32. The molecule has 1 fully saturated rings. The molecule has 0 saturated heterocycles. The maximum atomic E-state index is 5.70. The molecule has 88 valence electrons. The van der Waals surface area contributed by atoms with Crippen LogP contribution in [0.1, 0.15) is 39.5 Å². The monoisotopic (exact) mass is 219 g/mol. The number of hydrogen-bond acceptors (Lipinski definition) is 3. The standard InChI is InChI=1S/C13H21N3/c1-13(2)5-3-11(4-6-13)16-12-7-10(14)8-15-9-12/h7-9,11,16H,3-6,14H2,1-2H3. The molecule has 0 amide bonds. The predicted molar refractivity (Wildman–Crippen MR) is 68.3 cm³/mol. The van der Waals surface area contributed by atoms with Crippen molar-refractivity contribution in [2.45, 2.75) is 45.6 Å². The topological polar surface area (TPSA) is 50.9 Å². The summed E-state index contributed by atoms with van der Waals surface area (Å²) in [6.45, 7) is 4.70. The number of nitrogen functional groups attached to an aromatic ring is 1. The van der Waals surface area contributed by atoms with Crippen LogP contribution in [0, 0.1) is 5.41 Å². The molecule has 1 aliphatic carbocycles. The highest BCUT2D eigenvalue weighted by Crippen LogP contribution is 2.36. The summed E-state index contributed by atoms with van der Waals surface area (Å²) in [7, 11) is 0. The van der Waals surface area contributed by atoms with Gasteiger partial charge in [-0.2, -0.15) is 0 Å². The molecule has 0 atom stereocenters. The van der Waals surface area contributed by atoms with Gasteiger partial charge >= 0.3 is 0 Å². The fourth-order valence-electron chi connectivity index (χ4n) is 2.32. The maximum absolute atomic E-state index is 5.70. The van der Waals surface area contributed by atoms with Crippen molar-refractivity contribution in [3.05, 3.63) is 18.5 Å². The highest BCUT2D eigenvalue weighted by atomic mass is 14.9. The average Bonchev–Trinajstić information content (AvgIpc) is 2.21. The Balaban J connectivity index is 1.92. The minimum atomic E-state index is 0.520. The van der Waals surface area contributed by atoms with Gasteiger partial charge in [0.1, 0.15) is 0 Å². The fraction of sp³-hybridized carbons (Fsp3) is 0.615. The van der Waals surface area contributed by atoms with Crippen molar-refractivity contribution in [1.29, 1.82) is 0 Å². The Morgan fingerprint density at radius 3 is 2.62 bits per heavy atom. The molecule has 0 radical (unpaired) electrons. The molecule has 2 rings (SSSR count). The van der Waals surface area contributed by atoms with Gasteiger partial charge in [-0.3, -0.25) is 4.98 Å². The Labute approximate surface area is 97.5 Å². The van der Waals surface area contributed by atoms with Crippen molar-refractivity contribution >= 4 is 11.4 Å². The number of hydrogen-bond donors (Lipinski definition) is 2. The van der Waals surface area contributed by atoms with Gasteiger partial charge in [0, 0.05) is 12.2 Å². The zero-order valence-electron chi connectivity index (χ0n) is 10.2. The van der Waals surface area contributed by atoms with Crippen LogP contribution in [0.25, 0.3) is 0 Å².